The van der Waals surface area contributed by atoms with Gasteiger partial charge in [-0.25, -0.2) is 4.79 Å². The van der Waals surface area contributed by atoms with E-state index in [0.717, 1.165) is 12.0 Å². The van der Waals surface area contributed by atoms with Crippen LogP contribution >= 0.6 is 0 Å². The van der Waals surface area contributed by atoms with E-state index in [2.05, 4.69) is 10.5 Å². The van der Waals surface area contributed by atoms with Crippen LogP contribution in [0.3, 0.4) is 0 Å². The summed E-state index contributed by atoms with van der Waals surface area (Å²) in [7, 11) is 0. The van der Waals surface area contributed by atoms with Gasteiger partial charge in [-0.1, -0.05) is 50.2 Å². The molecule has 1 aliphatic rings. The molecule has 1 atom stereocenters. The van der Waals surface area contributed by atoms with E-state index in [1.165, 1.54) is 5.56 Å². The van der Waals surface area contributed by atoms with E-state index >= 15 is 0 Å². The summed E-state index contributed by atoms with van der Waals surface area (Å²) in [4.78, 5) is 14.3. The van der Waals surface area contributed by atoms with Gasteiger partial charge in [-0.05, 0) is 17.5 Å². The molecule has 6 heteroatoms. The number of hydrogen-bond acceptors (Lipinski definition) is 4. The third kappa shape index (κ3) is 3.14. The minimum atomic E-state index is -0.344. The van der Waals surface area contributed by atoms with Crippen LogP contribution in [0.4, 0.5) is 10.6 Å². The molecule has 2 heterocycles. The molecule has 1 aromatic heterocycles. The minimum Gasteiger partial charge on any atom is -0.394 e. The summed E-state index contributed by atoms with van der Waals surface area (Å²) in [5, 5.41) is 16.5. The molecular formula is C18H23N3O3. The minimum absolute atomic E-state index is 0.115. The molecule has 128 valence electrons. The lowest BCUT2D eigenvalue weighted by Crippen LogP contribution is -2.43. The Morgan fingerprint density at radius 2 is 2.17 bits per heavy atom. The molecule has 0 spiro atoms. The average Bonchev–Trinajstić information content (AvgIpc) is 3.02. The second-order valence-corrected chi connectivity index (χ2v) is 7.10. The zero-order chi connectivity index (χ0) is 17.3. The highest BCUT2D eigenvalue weighted by Crippen LogP contribution is 2.30. The number of carbonyl (C=O) groups is 1. The molecule has 1 unspecified atom stereocenters. The van der Waals surface area contributed by atoms with Gasteiger partial charge in [0, 0.05) is 18.0 Å². The number of hydrogen-bond donors (Lipinski definition) is 2. The number of urea groups is 1. The molecule has 2 aromatic rings. The van der Waals surface area contributed by atoms with E-state index < -0.39 is 0 Å². The number of rotatable bonds is 2. The van der Waals surface area contributed by atoms with Gasteiger partial charge in [-0.2, -0.15) is 0 Å². The van der Waals surface area contributed by atoms with Crippen molar-refractivity contribution < 1.29 is 14.4 Å². The van der Waals surface area contributed by atoms with Crippen LogP contribution in [0, 0.1) is 0 Å². The molecule has 0 aliphatic carbocycles. The summed E-state index contributed by atoms with van der Waals surface area (Å²) in [6.07, 6.45) is 0.770. The normalized spacial score (nSPS) is 17.5. The molecular weight excluding hydrogens is 306 g/mol. The van der Waals surface area contributed by atoms with Gasteiger partial charge in [0.15, 0.2) is 5.82 Å². The first-order chi connectivity index (χ1) is 11.4. The molecule has 2 N–H and O–H groups in total. The standard InChI is InChI=1S/C18H23N3O3/c1-18(2,3)15-10-16(20-24-15)19-17(23)21-9-8-12-6-4-5-7-13(12)14(21)11-22/h4-7,10,14,22H,8-9,11H2,1-3H3,(H,19,20,23). The number of amides is 2. The number of benzene rings is 1. The Bertz CT molecular complexity index is 733. The molecule has 24 heavy (non-hydrogen) atoms. The molecule has 3 rings (SSSR count). The Morgan fingerprint density at radius 3 is 2.83 bits per heavy atom. The summed E-state index contributed by atoms with van der Waals surface area (Å²) in [6.45, 7) is 6.49. The number of nitrogens with zero attached hydrogens (tertiary/aromatic N) is 2. The number of anilines is 1. The maximum atomic E-state index is 12.6. The van der Waals surface area contributed by atoms with Crippen molar-refractivity contribution in [2.24, 2.45) is 0 Å². The molecule has 0 saturated carbocycles. The van der Waals surface area contributed by atoms with Crippen LogP contribution in [-0.4, -0.2) is 34.3 Å². The zero-order valence-electron chi connectivity index (χ0n) is 14.2. The second kappa shape index (κ2) is 6.28. The fourth-order valence-electron chi connectivity index (χ4n) is 2.96. The van der Waals surface area contributed by atoms with Crippen LogP contribution in [0.2, 0.25) is 0 Å². The summed E-state index contributed by atoms with van der Waals surface area (Å²) < 4.78 is 5.29. The second-order valence-electron chi connectivity index (χ2n) is 7.10. The fraction of sp³-hybridized carbons (Fsp3) is 0.444. The number of fused-ring (bicyclic) bond motifs is 1. The van der Waals surface area contributed by atoms with Gasteiger partial charge in [-0.15, -0.1) is 0 Å². The van der Waals surface area contributed by atoms with Crippen molar-refractivity contribution in [3.63, 3.8) is 0 Å². The lowest BCUT2D eigenvalue weighted by Gasteiger charge is -2.36. The smallest absolute Gasteiger partial charge is 0.323 e. The molecule has 6 nitrogen and oxygen atoms in total. The monoisotopic (exact) mass is 329 g/mol. The molecule has 1 aliphatic heterocycles. The van der Waals surface area contributed by atoms with Gasteiger partial charge in [0.1, 0.15) is 5.76 Å². The van der Waals surface area contributed by atoms with Crippen molar-refractivity contribution in [2.45, 2.75) is 38.6 Å². The first-order valence-electron chi connectivity index (χ1n) is 8.13. The van der Waals surface area contributed by atoms with Crippen LogP contribution in [0.5, 0.6) is 0 Å². The van der Waals surface area contributed by atoms with Crippen LogP contribution in [0.15, 0.2) is 34.9 Å². The maximum absolute atomic E-state index is 12.6. The Hall–Kier alpha value is -2.34. The molecule has 0 bridgehead atoms. The van der Waals surface area contributed by atoms with Crippen LogP contribution in [0.1, 0.15) is 43.7 Å². The summed E-state index contributed by atoms with van der Waals surface area (Å²) >= 11 is 0. The lowest BCUT2D eigenvalue weighted by molar-refractivity contribution is 0.135. The first-order valence-corrected chi connectivity index (χ1v) is 8.13. The van der Waals surface area contributed by atoms with Crippen molar-refractivity contribution in [3.05, 3.63) is 47.2 Å². The van der Waals surface area contributed by atoms with Gasteiger partial charge in [0.05, 0.1) is 12.6 Å². The molecule has 2 amide bonds. The predicted octanol–water partition coefficient (Wildman–Crippen LogP) is 3.10. The average molecular weight is 329 g/mol. The van der Waals surface area contributed by atoms with Crippen LogP contribution in [-0.2, 0) is 11.8 Å². The van der Waals surface area contributed by atoms with Crippen LogP contribution in [0.25, 0.3) is 0 Å². The van der Waals surface area contributed by atoms with E-state index in [9.17, 15) is 9.90 Å². The summed E-state index contributed by atoms with van der Waals surface area (Å²) in [5.41, 5.74) is 2.00. The third-order valence-electron chi connectivity index (χ3n) is 4.33. The van der Waals surface area contributed by atoms with Gasteiger partial charge in [0.2, 0.25) is 0 Å². The number of aliphatic hydroxyl groups is 1. The predicted molar refractivity (Wildman–Crippen MR) is 90.9 cm³/mol. The number of carbonyl (C=O) groups excluding carboxylic acids is 1. The van der Waals surface area contributed by atoms with Crippen molar-refractivity contribution in [3.8, 4) is 0 Å². The Kier molecular flexibility index (Phi) is 4.32. The number of nitrogens with one attached hydrogen (secondary N) is 1. The van der Waals surface area contributed by atoms with Crippen molar-refractivity contribution in [1.82, 2.24) is 10.1 Å². The van der Waals surface area contributed by atoms with Crippen molar-refractivity contribution >= 4 is 11.8 Å². The summed E-state index contributed by atoms with van der Waals surface area (Å²) in [5.74, 6) is 1.10. The SMILES string of the molecule is CC(C)(C)c1cc(NC(=O)N2CCc3ccccc3C2CO)no1. The van der Waals surface area contributed by atoms with Crippen LogP contribution < -0.4 is 5.32 Å². The highest BCUT2D eigenvalue weighted by Gasteiger charge is 2.30. The Labute approximate surface area is 141 Å². The van der Waals surface area contributed by atoms with E-state index in [4.69, 9.17) is 4.52 Å². The topological polar surface area (TPSA) is 78.6 Å². The fourth-order valence-corrected chi connectivity index (χ4v) is 2.96. The largest absolute Gasteiger partial charge is 0.394 e. The highest BCUT2D eigenvalue weighted by molar-refractivity contribution is 5.88. The highest BCUT2D eigenvalue weighted by atomic mass is 16.5. The van der Waals surface area contributed by atoms with Gasteiger partial charge in [0.25, 0.3) is 0 Å². The Balaban J connectivity index is 1.77. The van der Waals surface area contributed by atoms with Crippen molar-refractivity contribution in [2.75, 3.05) is 18.5 Å². The van der Waals surface area contributed by atoms with Crippen molar-refractivity contribution in [1.29, 1.82) is 0 Å². The summed E-state index contributed by atoms with van der Waals surface area (Å²) in [6, 6.07) is 9.03. The van der Waals surface area contributed by atoms with E-state index in [1.54, 1.807) is 11.0 Å². The molecule has 0 saturated heterocycles. The molecule has 1 aromatic carbocycles. The van der Waals surface area contributed by atoms with E-state index in [-0.39, 0.29) is 24.1 Å². The maximum Gasteiger partial charge on any atom is 0.323 e. The van der Waals surface area contributed by atoms with E-state index in [1.807, 2.05) is 45.0 Å². The first kappa shape index (κ1) is 16.5. The zero-order valence-corrected chi connectivity index (χ0v) is 14.2. The lowest BCUT2D eigenvalue weighted by atomic mass is 9.93. The third-order valence-corrected chi connectivity index (χ3v) is 4.33. The Morgan fingerprint density at radius 1 is 1.42 bits per heavy atom. The number of aliphatic hydroxyl groups excluding tert-OH is 1. The molecule has 0 fully saturated rings. The molecule has 0 radical (unpaired) electrons. The van der Waals surface area contributed by atoms with Gasteiger partial charge >= 0.3 is 6.03 Å². The number of aromatic nitrogens is 1. The van der Waals surface area contributed by atoms with E-state index in [0.29, 0.717) is 18.1 Å². The van der Waals surface area contributed by atoms with Gasteiger partial charge in [-0.3, -0.25) is 5.32 Å². The van der Waals surface area contributed by atoms with Gasteiger partial charge < -0.3 is 14.5 Å². The quantitative estimate of drug-likeness (QED) is 0.887.